The van der Waals surface area contributed by atoms with Crippen LogP contribution in [0.1, 0.15) is 86.1 Å². The molecule has 0 saturated heterocycles. The van der Waals surface area contributed by atoms with Crippen molar-refractivity contribution >= 4 is 35.0 Å². The number of ether oxygens (including phenoxy) is 1. The quantitative estimate of drug-likeness (QED) is 0.184. The maximum absolute atomic E-state index is 12.7. The van der Waals surface area contributed by atoms with Crippen molar-refractivity contribution in [3.05, 3.63) is 41.1 Å². The molecule has 0 unspecified atom stereocenters. The van der Waals surface area contributed by atoms with Crippen LogP contribution in [0.4, 0.5) is 10.5 Å². The van der Waals surface area contributed by atoms with E-state index in [1.165, 1.54) is 11.8 Å². The summed E-state index contributed by atoms with van der Waals surface area (Å²) in [6, 6.07) is 6.55. The third kappa shape index (κ3) is 10.1. The molecule has 9 nitrogen and oxygen atoms in total. The van der Waals surface area contributed by atoms with Gasteiger partial charge in [0.05, 0.1) is 11.6 Å². The second-order valence-electron chi connectivity index (χ2n) is 12.3. The van der Waals surface area contributed by atoms with Gasteiger partial charge in [-0.05, 0) is 55.7 Å². The number of allylic oxidation sites excluding steroid dienone is 2. The Morgan fingerprint density at radius 3 is 2.10 bits per heavy atom. The summed E-state index contributed by atoms with van der Waals surface area (Å²) in [4.78, 5) is 63.1. The molecule has 2 rings (SSSR count). The lowest BCUT2D eigenvalue weighted by Crippen LogP contribution is -2.45. The van der Waals surface area contributed by atoms with E-state index in [2.05, 4.69) is 10.6 Å². The number of carbonyl (C=O) groups excluding carboxylic acids is 5. The molecule has 0 radical (unpaired) electrons. The van der Waals surface area contributed by atoms with Crippen molar-refractivity contribution in [2.75, 3.05) is 18.9 Å². The van der Waals surface area contributed by atoms with Gasteiger partial charge in [0.1, 0.15) is 6.61 Å². The highest BCUT2D eigenvalue weighted by Gasteiger charge is 2.36. The van der Waals surface area contributed by atoms with Crippen LogP contribution < -0.4 is 10.6 Å². The van der Waals surface area contributed by atoms with Gasteiger partial charge in [0.2, 0.25) is 5.91 Å². The number of nitrogens with one attached hydrogen (secondary N) is 2. The molecule has 0 heterocycles. The molecule has 1 saturated carbocycles. The standard InChI is InChI=1S/C32H47N3O6/c1-20(2)29(23(5)36)35(8)31(40)41-19-24-12-14-25(15-13-24)34-30(39)21(3)11-9-10-16-33-22(4)28-26(37)17-32(6,7)18-27(28)38/h12-15,20-21,29,33H,9-11,16-19H2,1-8H3,(H,34,39)/t21-,29-/m1/s1. The predicted octanol–water partition coefficient (Wildman–Crippen LogP) is 5.44. The second kappa shape index (κ2) is 14.9. The lowest BCUT2D eigenvalue weighted by Gasteiger charge is -2.29. The molecule has 0 aromatic heterocycles. The Morgan fingerprint density at radius 1 is 0.976 bits per heavy atom. The van der Waals surface area contributed by atoms with Gasteiger partial charge in [0, 0.05) is 43.7 Å². The summed E-state index contributed by atoms with van der Waals surface area (Å²) in [7, 11) is 1.56. The molecule has 1 aromatic rings. The third-order valence-electron chi connectivity index (χ3n) is 7.45. The molecule has 2 amide bonds. The van der Waals surface area contributed by atoms with Gasteiger partial charge in [-0.3, -0.25) is 19.2 Å². The average Bonchev–Trinajstić information content (AvgIpc) is 2.86. The fourth-order valence-electron chi connectivity index (χ4n) is 5.25. The number of ketones is 3. The predicted molar refractivity (Wildman–Crippen MR) is 159 cm³/mol. The number of hydrogen-bond donors (Lipinski definition) is 2. The van der Waals surface area contributed by atoms with Crippen LogP contribution >= 0.6 is 0 Å². The number of Topliss-reactive ketones (excluding diaryl/α,β-unsaturated/α-hetero) is 3. The van der Waals surface area contributed by atoms with E-state index >= 15 is 0 Å². The van der Waals surface area contributed by atoms with Crippen molar-refractivity contribution in [1.29, 1.82) is 0 Å². The van der Waals surface area contributed by atoms with E-state index in [1.807, 2.05) is 34.6 Å². The van der Waals surface area contributed by atoms with Crippen molar-refractivity contribution in [1.82, 2.24) is 10.2 Å². The lowest BCUT2D eigenvalue weighted by molar-refractivity contribution is -0.127. The molecule has 0 spiro atoms. The summed E-state index contributed by atoms with van der Waals surface area (Å²) < 4.78 is 5.37. The summed E-state index contributed by atoms with van der Waals surface area (Å²) in [5.74, 6) is -0.564. The fourth-order valence-corrected chi connectivity index (χ4v) is 5.25. The molecule has 1 aromatic carbocycles. The van der Waals surface area contributed by atoms with Gasteiger partial charge in [-0.2, -0.15) is 0 Å². The average molecular weight is 570 g/mol. The van der Waals surface area contributed by atoms with E-state index in [1.54, 1.807) is 38.2 Å². The highest BCUT2D eigenvalue weighted by molar-refractivity contribution is 6.22. The van der Waals surface area contributed by atoms with Crippen LogP contribution in [0.5, 0.6) is 0 Å². The van der Waals surface area contributed by atoms with Crippen LogP contribution in [0.15, 0.2) is 35.5 Å². The largest absolute Gasteiger partial charge is 0.445 e. The number of likely N-dealkylation sites (N-methyl/N-ethyl adjacent to an activating group) is 1. The molecule has 41 heavy (non-hydrogen) atoms. The van der Waals surface area contributed by atoms with Gasteiger partial charge in [-0.25, -0.2) is 4.79 Å². The molecule has 0 bridgehead atoms. The number of hydrogen-bond acceptors (Lipinski definition) is 7. The van der Waals surface area contributed by atoms with Crippen LogP contribution in [0, 0.1) is 17.3 Å². The minimum absolute atomic E-state index is 0.0213. The van der Waals surface area contributed by atoms with Crippen LogP contribution in [0.25, 0.3) is 0 Å². The molecule has 2 atom stereocenters. The van der Waals surface area contributed by atoms with Gasteiger partial charge in [0.25, 0.3) is 0 Å². The first-order valence-electron chi connectivity index (χ1n) is 14.4. The first kappa shape index (κ1) is 33.7. The number of carbonyl (C=O) groups is 5. The summed E-state index contributed by atoms with van der Waals surface area (Å²) >= 11 is 0. The Kier molecular flexibility index (Phi) is 12.3. The van der Waals surface area contributed by atoms with Gasteiger partial charge in [-0.1, -0.05) is 53.2 Å². The van der Waals surface area contributed by atoms with Crippen molar-refractivity contribution in [2.24, 2.45) is 17.3 Å². The Balaban J connectivity index is 1.74. The summed E-state index contributed by atoms with van der Waals surface area (Å²) in [5.41, 5.74) is 2.08. The first-order valence-corrected chi connectivity index (χ1v) is 14.4. The topological polar surface area (TPSA) is 122 Å². The number of anilines is 1. The number of rotatable bonds is 13. The fraction of sp³-hybridized carbons (Fsp3) is 0.594. The number of unbranched alkanes of at least 4 members (excludes halogenated alkanes) is 1. The van der Waals surface area contributed by atoms with Crippen molar-refractivity contribution in [2.45, 2.75) is 93.2 Å². The van der Waals surface area contributed by atoms with Gasteiger partial charge in [-0.15, -0.1) is 0 Å². The highest BCUT2D eigenvalue weighted by Crippen LogP contribution is 2.34. The molecule has 1 aliphatic carbocycles. The molecule has 226 valence electrons. The Morgan fingerprint density at radius 2 is 1.56 bits per heavy atom. The zero-order valence-electron chi connectivity index (χ0n) is 25.9. The SMILES string of the molecule is CC(=O)[C@@H](C(C)C)N(C)C(=O)OCc1ccc(NC(=O)[C@H](C)CCCCNC(C)=C2C(=O)CC(C)(C)CC2=O)cc1. The van der Waals surface area contributed by atoms with Crippen molar-refractivity contribution < 1.29 is 28.7 Å². The Labute approximate surface area is 244 Å². The van der Waals surface area contributed by atoms with Crippen molar-refractivity contribution in [3.8, 4) is 0 Å². The van der Waals surface area contributed by atoms with Crippen LogP contribution in [0.2, 0.25) is 0 Å². The van der Waals surface area contributed by atoms with E-state index in [0.717, 1.165) is 18.4 Å². The minimum Gasteiger partial charge on any atom is -0.445 e. The molecule has 2 N–H and O–H groups in total. The molecule has 0 aliphatic heterocycles. The lowest BCUT2D eigenvalue weighted by atomic mass is 9.73. The van der Waals surface area contributed by atoms with E-state index in [4.69, 9.17) is 4.74 Å². The maximum atomic E-state index is 12.7. The van der Waals surface area contributed by atoms with Gasteiger partial charge in [0.15, 0.2) is 17.3 Å². The zero-order chi connectivity index (χ0) is 30.9. The molecule has 1 fully saturated rings. The number of nitrogens with zero attached hydrogens (tertiary/aromatic N) is 1. The monoisotopic (exact) mass is 569 g/mol. The Hall–Kier alpha value is -3.49. The number of benzene rings is 1. The number of amides is 2. The minimum atomic E-state index is -0.563. The van der Waals surface area contributed by atoms with Gasteiger partial charge < -0.3 is 20.3 Å². The van der Waals surface area contributed by atoms with Crippen LogP contribution in [-0.4, -0.2) is 53.9 Å². The van der Waals surface area contributed by atoms with E-state index in [-0.39, 0.29) is 47.1 Å². The summed E-state index contributed by atoms with van der Waals surface area (Å²) in [5, 5.41) is 6.14. The van der Waals surface area contributed by atoms with Gasteiger partial charge >= 0.3 is 6.09 Å². The van der Waals surface area contributed by atoms with E-state index in [9.17, 15) is 24.0 Å². The van der Waals surface area contributed by atoms with Crippen LogP contribution in [-0.2, 0) is 30.5 Å². The smallest absolute Gasteiger partial charge is 0.410 e. The third-order valence-corrected chi connectivity index (χ3v) is 7.45. The first-order chi connectivity index (χ1) is 19.1. The molecular weight excluding hydrogens is 522 g/mol. The van der Waals surface area contributed by atoms with E-state index in [0.29, 0.717) is 42.8 Å². The normalized spacial score (nSPS) is 16.2. The van der Waals surface area contributed by atoms with E-state index < -0.39 is 12.1 Å². The zero-order valence-corrected chi connectivity index (χ0v) is 25.9. The maximum Gasteiger partial charge on any atom is 0.410 e. The molecule has 9 heteroatoms. The van der Waals surface area contributed by atoms with Crippen LogP contribution in [0.3, 0.4) is 0 Å². The molecular formula is C32H47N3O6. The summed E-state index contributed by atoms with van der Waals surface area (Å²) in [6.45, 7) is 13.5. The summed E-state index contributed by atoms with van der Waals surface area (Å²) in [6.07, 6.45) is 2.53. The second-order valence-corrected chi connectivity index (χ2v) is 12.3. The van der Waals surface area contributed by atoms with Crippen molar-refractivity contribution in [3.63, 3.8) is 0 Å². The molecule has 1 aliphatic rings. The highest BCUT2D eigenvalue weighted by atomic mass is 16.6. The Bertz CT molecular complexity index is 1130.